The molecule has 136 valence electrons. The van der Waals surface area contributed by atoms with Crippen LogP contribution in [-0.4, -0.2) is 61.3 Å². The molecule has 1 heterocycles. The van der Waals surface area contributed by atoms with Gasteiger partial charge in [0.25, 0.3) is 0 Å². The van der Waals surface area contributed by atoms with Crippen LogP contribution in [0.1, 0.15) is 27.7 Å². The number of alkyl halides is 1. The average molecular weight is 350 g/mol. The molecule has 0 spiro atoms. The Morgan fingerprint density at radius 1 is 0.833 bits per heavy atom. The van der Waals surface area contributed by atoms with E-state index in [0.717, 1.165) is 27.7 Å². The monoisotopic (exact) mass is 350 g/mol. The maximum atomic E-state index is 14.6. The summed E-state index contributed by atoms with van der Waals surface area (Å²) in [5.74, 6) is -3.12. The highest BCUT2D eigenvalue weighted by Crippen LogP contribution is 2.29. The number of hydrogen-bond donors (Lipinski definition) is 0. The van der Waals surface area contributed by atoms with Gasteiger partial charge in [-0.1, -0.05) is 0 Å². The molecular weight excluding hydrogens is 331 g/mol. The molecule has 1 rings (SSSR count). The number of esters is 4. The highest BCUT2D eigenvalue weighted by molar-refractivity contribution is 5.68. The predicted octanol–water partition coefficient (Wildman–Crippen LogP) is 0.0390. The van der Waals surface area contributed by atoms with Crippen molar-refractivity contribution in [3.63, 3.8) is 0 Å². The molecule has 0 amide bonds. The first-order valence-corrected chi connectivity index (χ1v) is 7.06. The molecule has 0 aromatic rings. The van der Waals surface area contributed by atoms with Gasteiger partial charge in [-0.25, -0.2) is 4.39 Å². The molecule has 9 nitrogen and oxygen atoms in total. The molecule has 1 aliphatic rings. The third-order valence-electron chi connectivity index (χ3n) is 2.91. The molecule has 1 aliphatic heterocycles. The zero-order chi connectivity index (χ0) is 18.4. The predicted molar refractivity (Wildman–Crippen MR) is 73.1 cm³/mol. The fourth-order valence-corrected chi connectivity index (χ4v) is 2.10. The van der Waals surface area contributed by atoms with Gasteiger partial charge in [-0.3, -0.25) is 19.2 Å². The van der Waals surface area contributed by atoms with E-state index >= 15 is 0 Å². The molecule has 0 saturated carbocycles. The minimum Gasteiger partial charge on any atom is -0.463 e. The number of halogens is 1. The quantitative estimate of drug-likeness (QED) is 0.500. The first-order valence-electron chi connectivity index (χ1n) is 7.06. The van der Waals surface area contributed by atoms with Crippen LogP contribution in [0.2, 0.25) is 0 Å². The second-order valence-corrected chi connectivity index (χ2v) is 5.05. The fraction of sp³-hybridized carbons (Fsp3) is 0.714. The van der Waals surface area contributed by atoms with E-state index in [9.17, 15) is 23.6 Å². The third-order valence-corrected chi connectivity index (χ3v) is 2.91. The van der Waals surface area contributed by atoms with E-state index in [1.54, 1.807) is 0 Å². The summed E-state index contributed by atoms with van der Waals surface area (Å²) in [6.07, 6.45) is -7.98. The summed E-state index contributed by atoms with van der Waals surface area (Å²) in [6.45, 7) is 3.77. The van der Waals surface area contributed by atoms with Gasteiger partial charge in [-0.2, -0.15) is 0 Å². The SMILES string of the molecule is CC(=O)OC[C@H]1O[C@@H](OC(C)=O)[C@H](OC(C)=O)[C@@H](OC(C)=O)[C@H]1F. The van der Waals surface area contributed by atoms with E-state index in [1.807, 2.05) is 0 Å². The van der Waals surface area contributed by atoms with Crippen LogP contribution >= 0.6 is 0 Å². The standard InChI is InChI=1S/C14H19FO9/c1-6(16)20-5-10-11(15)12(21-7(2)17)13(22-8(3)18)14(24-10)23-9(4)19/h10-14H,5H2,1-4H3/t10-,11+,12+,13-,14-/m1/s1. The summed E-state index contributed by atoms with van der Waals surface area (Å²) in [7, 11) is 0. The third kappa shape index (κ3) is 5.76. The summed E-state index contributed by atoms with van der Waals surface area (Å²) >= 11 is 0. The Hall–Kier alpha value is -2.23. The van der Waals surface area contributed by atoms with Gasteiger partial charge < -0.3 is 23.7 Å². The van der Waals surface area contributed by atoms with Crippen LogP contribution in [0.15, 0.2) is 0 Å². The van der Waals surface area contributed by atoms with Gasteiger partial charge in [0.1, 0.15) is 12.7 Å². The molecule has 0 aromatic heterocycles. The topological polar surface area (TPSA) is 114 Å². The van der Waals surface area contributed by atoms with Crippen LogP contribution < -0.4 is 0 Å². The van der Waals surface area contributed by atoms with Crippen molar-refractivity contribution in [2.45, 2.75) is 58.5 Å². The van der Waals surface area contributed by atoms with E-state index in [2.05, 4.69) is 4.74 Å². The van der Waals surface area contributed by atoms with Gasteiger partial charge in [0.2, 0.25) is 12.4 Å². The summed E-state index contributed by atoms with van der Waals surface area (Å²) in [5, 5.41) is 0. The van der Waals surface area contributed by atoms with Gasteiger partial charge in [0.05, 0.1) is 0 Å². The Labute approximate surface area is 137 Å². The lowest BCUT2D eigenvalue weighted by molar-refractivity contribution is -0.288. The van der Waals surface area contributed by atoms with E-state index in [-0.39, 0.29) is 0 Å². The lowest BCUT2D eigenvalue weighted by atomic mass is 10.00. The summed E-state index contributed by atoms with van der Waals surface area (Å²) in [6, 6.07) is 0. The summed E-state index contributed by atoms with van der Waals surface area (Å²) in [4.78, 5) is 44.5. The van der Waals surface area contributed by atoms with E-state index in [1.165, 1.54) is 0 Å². The molecular formula is C14H19FO9. The largest absolute Gasteiger partial charge is 0.463 e. The molecule has 0 bridgehead atoms. The van der Waals surface area contributed by atoms with Crippen LogP contribution in [0.4, 0.5) is 4.39 Å². The number of carbonyl (C=O) groups excluding carboxylic acids is 4. The van der Waals surface area contributed by atoms with Crippen molar-refractivity contribution in [1.29, 1.82) is 0 Å². The van der Waals surface area contributed by atoms with Crippen LogP contribution in [0, 0.1) is 0 Å². The molecule has 0 aliphatic carbocycles. The molecule has 0 unspecified atom stereocenters. The summed E-state index contributed by atoms with van der Waals surface area (Å²) in [5.41, 5.74) is 0. The zero-order valence-corrected chi connectivity index (χ0v) is 13.6. The minimum atomic E-state index is -1.98. The first kappa shape index (κ1) is 19.8. The van der Waals surface area contributed by atoms with Crippen LogP contribution in [0.3, 0.4) is 0 Å². The molecule has 0 aromatic carbocycles. The van der Waals surface area contributed by atoms with Gasteiger partial charge >= 0.3 is 23.9 Å². The molecule has 0 N–H and O–H groups in total. The zero-order valence-electron chi connectivity index (χ0n) is 13.6. The number of hydrogen-bond acceptors (Lipinski definition) is 9. The second-order valence-electron chi connectivity index (χ2n) is 5.05. The lowest BCUT2D eigenvalue weighted by Crippen LogP contribution is -2.60. The number of carbonyl (C=O) groups is 4. The van der Waals surface area contributed by atoms with Crippen molar-refractivity contribution in [2.75, 3.05) is 6.61 Å². The fourth-order valence-electron chi connectivity index (χ4n) is 2.10. The van der Waals surface area contributed by atoms with Crippen molar-refractivity contribution >= 4 is 23.9 Å². The molecule has 1 saturated heterocycles. The Morgan fingerprint density at radius 2 is 1.33 bits per heavy atom. The average Bonchev–Trinajstić information content (AvgIpc) is 2.42. The Bertz CT molecular complexity index is 506. The maximum Gasteiger partial charge on any atom is 0.305 e. The maximum absolute atomic E-state index is 14.6. The van der Waals surface area contributed by atoms with E-state index < -0.39 is 61.3 Å². The molecule has 24 heavy (non-hydrogen) atoms. The van der Waals surface area contributed by atoms with Crippen molar-refractivity contribution in [3.8, 4) is 0 Å². The Morgan fingerprint density at radius 3 is 1.79 bits per heavy atom. The van der Waals surface area contributed by atoms with Crippen molar-refractivity contribution in [2.24, 2.45) is 0 Å². The number of rotatable bonds is 5. The molecule has 1 fully saturated rings. The van der Waals surface area contributed by atoms with Gasteiger partial charge in [0.15, 0.2) is 12.3 Å². The highest BCUT2D eigenvalue weighted by atomic mass is 19.1. The van der Waals surface area contributed by atoms with Crippen LogP contribution in [0.5, 0.6) is 0 Å². The highest BCUT2D eigenvalue weighted by Gasteiger charge is 2.52. The van der Waals surface area contributed by atoms with Crippen molar-refractivity contribution in [1.82, 2.24) is 0 Å². The smallest absolute Gasteiger partial charge is 0.305 e. The van der Waals surface area contributed by atoms with E-state index in [0.29, 0.717) is 0 Å². The lowest BCUT2D eigenvalue weighted by Gasteiger charge is -2.41. The van der Waals surface area contributed by atoms with E-state index in [4.69, 9.17) is 18.9 Å². The van der Waals surface area contributed by atoms with Crippen molar-refractivity contribution in [3.05, 3.63) is 0 Å². The first-order chi connectivity index (χ1) is 11.1. The second kappa shape index (κ2) is 8.57. The molecule has 0 radical (unpaired) electrons. The Kier molecular flexibility index (Phi) is 7.08. The minimum absolute atomic E-state index is 0.501. The van der Waals surface area contributed by atoms with Gasteiger partial charge in [-0.15, -0.1) is 0 Å². The normalized spacial score (nSPS) is 29.3. The summed E-state index contributed by atoms with van der Waals surface area (Å²) < 4.78 is 39.1. The number of ether oxygens (including phenoxy) is 5. The van der Waals surface area contributed by atoms with Crippen LogP contribution in [-0.2, 0) is 42.9 Å². The van der Waals surface area contributed by atoms with Crippen molar-refractivity contribution < 1.29 is 47.3 Å². The van der Waals surface area contributed by atoms with Crippen LogP contribution in [0.25, 0.3) is 0 Å². The molecule has 10 heteroatoms. The molecule has 5 atom stereocenters. The van der Waals surface area contributed by atoms with Gasteiger partial charge in [0, 0.05) is 27.7 Å². The van der Waals surface area contributed by atoms with Gasteiger partial charge in [-0.05, 0) is 0 Å². The Balaban J connectivity index is 3.07.